The summed E-state index contributed by atoms with van der Waals surface area (Å²) < 4.78 is 0. The third-order valence-electron chi connectivity index (χ3n) is 6.27. The summed E-state index contributed by atoms with van der Waals surface area (Å²) in [5.74, 6) is -0.0554. The zero-order valence-corrected chi connectivity index (χ0v) is 19.9. The number of hydrogen-bond acceptors (Lipinski definition) is 8. The van der Waals surface area contributed by atoms with E-state index >= 15 is 0 Å². The van der Waals surface area contributed by atoms with Crippen molar-refractivity contribution in [3.05, 3.63) is 80.9 Å². The molecule has 0 radical (unpaired) electrons. The van der Waals surface area contributed by atoms with Gasteiger partial charge in [0.05, 0.1) is 12.6 Å². The fraction of sp³-hybridized carbons (Fsp3) is 0.385. The Bertz CT molecular complexity index is 1170. The van der Waals surface area contributed by atoms with Crippen LogP contribution in [0.1, 0.15) is 49.4 Å². The summed E-state index contributed by atoms with van der Waals surface area (Å²) in [4.78, 5) is 49.2. The van der Waals surface area contributed by atoms with E-state index in [9.17, 15) is 14.4 Å². The van der Waals surface area contributed by atoms with Gasteiger partial charge in [0.2, 0.25) is 0 Å². The maximum Gasteiger partial charge on any atom is 0.254 e. The van der Waals surface area contributed by atoms with Crippen LogP contribution in [0.2, 0.25) is 0 Å². The van der Waals surface area contributed by atoms with E-state index < -0.39 is 10.9 Å². The molecule has 2 aromatic carbocycles. The number of pyridine rings is 1. The third kappa shape index (κ3) is 5.93. The Morgan fingerprint density at radius 2 is 1.69 bits per heavy atom. The summed E-state index contributed by atoms with van der Waals surface area (Å²) in [6.45, 7) is 3.12. The molecule has 0 aliphatic heterocycles. The highest BCUT2D eigenvalue weighted by molar-refractivity contribution is 5.94. The number of hydroxylamine groups is 1. The summed E-state index contributed by atoms with van der Waals surface area (Å²) in [7, 11) is 0. The van der Waals surface area contributed by atoms with E-state index in [1.807, 2.05) is 25.1 Å². The molecule has 1 saturated carbocycles. The smallest absolute Gasteiger partial charge is 0.254 e. The van der Waals surface area contributed by atoms with Crippen LogP contribution in [-0.4, -0.2) is 46.7 Å². The van der Waals surface area contributed by atoms with Crippen LogP contribution >= 0.6 is 0 Å². The zero-order chi connectivity index (χ0) is 24.6. The molecule has 0 bridgehead atoms. The van der Waals surface area contributed by atoms with Gasteiger partial charge in [-0.25, -0.2) is 0 Å². The molecule has 1 aromatic heterocycles. The van der Waals surface area contributed by atoms with E-state index in [2.05, 4.69) is 15.7 Å². The summed E-state index contributed by atoms with van der Waals surface area (Å²) >= 11 is 0. The van der Waals surface area contributed by atoms with Gasteiger partial charge in [0.15, 0.2) is 0 Å². The van der Waals surface area contributed by atoms with E-state index in [1.165, 1.54) is 0 Å². The molecule has 184 valence electrons. The maximum absolute atomic E-state index is 12.8. The second-order valence-electron chi connectivity index (χ2n) is 8.58. The number of likely N-dealkylation sites (N-methyl/N-ethyl adjacent to an activating group) is 1. The molecular weight excluding hydrogens is 446 g/mol. The lowest BCUT2D eigenvalue weighted by molar-refractivity contribution is -0.175. The van der Waals surface area contributed by atoms with Gasteiger partial charge in [-0.1, -0.05) is 42.6 Å². The number of anilines is 3. The van der Waals surface area contributed by atoms with Crippen molar-refractivity contribution in [3.8, 4) is 0 Å². The number of carbonyl (C=O) groups is 1. The summed E-state index contributed by atoms with van der Waals surface area (Å²) in [5, 5.41) is 4.61. The predicted molar refractivity (Wildman–Crippen MR) is 135 cm³/mol. The number of rotatable bonds is 11. The van der Waals surface area contributed by atoms with Gasteiger partial charge in [-0.05, 0) is 44.0 Å². The molecule has 0 atom stereocenters. The molecule has 9 heteroatoms. The minimum atomic E-state index is -0.583. The van der Waals surface area contributed by atoms with Crippen LogP contribution in [0.3, 0.4) is 0 Å². The molecule has 0 spiro atoms. The van der Waals surface area contributed by atoms with Gasteiger partial charge in [-0.3, -0.25) is 29.6 Å². The Hall–Kier alpha value is -3.56. The SMILES string of the molecule is CCN(CCON(Nc1c(Nc2ccncc2)c(=O)c1=O)C1CCCCC1)C(=O)c1ccccc1. The Kier molecular flexibility index (Phi) is 8.23. The molecule has 1 aliphatic carbocycles. The van der Waals surface area contributed by atoms with Crippen molar-refractivity contribution in [1.82, 2.24) is 15.1 Å². The van der Waals surface area contributed by atoms with Crippen molar-refractivity contribution in [1.29, 1.82) is 0 Å². The first-order valence-corrected chi connectivity index (χ1v) is 12.1. The molecule has 0 unspecified atom stereocenters. The highest BCUT2D eigenvalue weighted by Gasteiger charge is 2.28. The molecule has 4 rings (SSSR count). The second kappa shape index (κ2) is 11.7. The molecular formula is C26H31N5O4. The first kappa shape index (κ1) is 24.6. The van der Waals surface area contributed by atoms with Gasteiger partial charge in [-0.15, -0.1) is 0 Å². The quantitative estimate of drug-likeness (QED) is 0.320. The van der Waals surface area contributed by atoms with Crippen molar-refractivity contribution in [2.75, 3.05) is 30.4 Å². The molecule has 35 heavy (non-hydrogen) atoms. The minimum Gasteiger partial charge on any atom is -0.350 e. The first-order chi connectivity index (χ1) is 17.1. The lowest BCUT2D eigenvalue weighted by atomic mass is 9.96. The van der Waals surface area contributed by atoms with Crippen LogP contribution in [0.15, 0.2) is 64.4 Å². The van der Waals surface area contributed by atoms with Gasteiger partial charge in [-0.2, -0.15) is 0 Å². The number of aromatic nitrogens is 1. The number of benzene rings is 1. The number of nitrogens with zero attached hydrogens (tertiary/aromatic N) is 3. The van der Waals surface area contributed by atoms with Crippen LogP contribution < -0.4 is 21.6 Å². The van der Waals surface area contributed by atoms with Crippen LogP contribution in [0, 0.1) is 0 Å². The number of amides is 1. The molecule has 1 heterocycles. The number of hydrogen-bond donors (Lipinski definition) is 2. The lowest BCUT2D eigenvalue weighted by Gasteiger charge is -2.35. The molecule has 1 amide bonds. The van der Waals surface area contributed by atoms with Gasteiger partial charge in [0.25, 0.3) is 16.8 Å². The predicted octanol–water partition coefficient (Wildman–Crippen LogP) is 3.48. The van der Waals surface area contributed by atoms with Gasteiger partial charge < -0.3 is 10.2 Å². The van der Waals surface area contributed by atoms with Crippen LogP contribution in [-0.2, 0) is 4.84 Å². The van der Waals surface area contributed by atoms with E-state index in [0.29, 0.717) is 24.3 Å². The van der Waals surface area contributed by atoms with Crippen LogP contribution in [0.4, 0.5) is 17.1 Å². The summed E-state index contributed by atoms with van der Waals surface area (Å²) in [5.41, 5.74) is 3.60. The highest BCUT2D eigenvalue weighted by Crippen LogP contribution is 2.26. The van der Waals surface area contributed by atoms with Crippen LogP contribution in [0.5, 0.6) is 0 Å². The van der Waals surface area contributed by atoms with Crippen molar-refractivity contribution in [2.24, 2.45) is 0 Å². The molecule has 0 saturated heterocycles. The average molecular weight is 478 g/mol. The molecule has 3 aromatic rings. The minimum absolute atomic E-state index is 0.0554. The van der Waals surface area contributed by atoms with Crippen molar-refractivity contribution >= 4 is 23.0 Å². The summed E-state index contributed by atoms with van der Waals surface area (Å²) in [6, 6.07) is 12.7. The van der Waals surface area contributed by atoms with E-state index in [4.69, 9.17) is 4.84 Å². The van der Waals surface area contributed by atoms with Crippen molar-refractivity contribution in [2.45, 2.75) is 45.1 Å². The van der Waals surface area contributed by atoms with E-state index in [-0.39, 0.29) is 29.9 Å². The second-order valence-corrected chi connectivity index (χ2v) is 8.58. The van der Waals surface area contributed by atoms with E-state index in [0.717, 1.165) is 32.1 Å². The topological polar surface area (TPSA) is 104 Å². The molecule has 2 N–H and O–H groups in total. The van der Waals surface area contributed by atoms with Crippen molar-refractivity contribution in [3.63, 3.8) is 0 Å². The normalized spacial score (nSPS) is 14.2. The highest BCUT2D eigenvalue weighted by atomic mass is 16.7. The fourth-order valence-electron chi connectivity index (χ4n) is 4.27. The average Bonchev–Trinajstić information content (AvgIpc) is 2.92. The Labute approximate surface area is 204 Å². The Morgan fingerprint density at radius 3 is 2.37 bits per heavy atom. The largest absolute Gasteiger partial charge is 0.350 e. The first-order valence-electron chi connectivity index (χ1n) is 12.1. The van der Waals surface area contributed by atoms with E-state index in [1.54, 1.807) is 46.7 Å². The van der Waals surface area contributed by atoms with Gasteiger partial charge in [0.1, 0.15) is 11.4 Å². The van der Waals surface area contributed by atoms with Crippen LogP contribution in [0.25, 0.3) is 0 Å². The standard InChI is InChI=1S/C26H31N5O4/c1-2-30(26(34)19-9-5-3-6-10-19)17-18-35-31(21-11-7-4-8-12-21)29-23-22(24(32)25(23)33)28-20-13-15-27-16-14-20/h3,5-6,9-10,13-16,21,29H,2,4,7-8,11-12,17-18H2,1H3,(H,27,28). The number of hydrazine groups is 1. The third-order valence-corrected chi connectivity index (χ3v) is 6.27. The summed E-state index contributed by atoms with van der Waals surface area (Å²) in [6.07, 6.45) is 8.32. The van der Waals surface area contributed by atoms with Gasteiger partial charge >= 0.3 is 0 Å². The molecule has 9 nitrogen and oxygen atoms in total. The number of carbonyl (C=O) groups excluding carboxylic acids is 1. The lowest BCUT2D eigenvalue weighted by Crippen LogP contribution is -2.47. The monoisotopic (exact) mass is 477 g/mol. The van der Waals surface area contributed by atoms with Gasteiger partial charge in [0, 0.05) is 36.7 Å². The number of nitrogens with one attached hydrogen (secondary N) is 2. The zero-order valence-electron chi connectivity index (χ0n) is 19.9. The Balaban J connectivity index is 1.44. The Morgan fingerprint density at radius 1 is 1.00 bits per heavy atom. The van der Waals surface area contributed by atoms with Crippen molar-refractivity contribution < 1.29 is 9.63 Å². The fourth-order valence-corrected chi connectivity index (χ4v) is 4.27. The molecule has 1 aliphatic rings. The maximum atomic E-state index is 12.8. The molecule has 1 fully saturated rings.